The van der Waals surface area contributed by atoms with Crippen molar-refractivity contribution in [2.24, 2.45) is 0 Å². The van der Waals surface area contributed by atoms with E-state index < -0.39 is 5.60 Å². The Hall–Kier alpha value is -2.30. The summed E-state index contributed by atoms with van der Waals surface area (Å²) in [5.74, 6) is 0.432. The zero-order chi connectivity index (χ0) is 16.4. The molecule has 0 spiro atoms. The number of anilines is 1. The standard InChI is InChI=1S/C12H18N8O2S/c1-12(2,3)22-11(21)20-6-4-19(5-7-20)10-16-15-9(23-10)8-13-17-18-14-8/h4-7H2,1-3H3,(H,13,14,17,18). The van der Waals surface area contributed by atoms with Crippen LogP contribution >= 0.6 is 11.3 Å². The van der Waals surface area contributed by atoms with Crippen LogP contribution in [0.5, 0.6) is 0 Å². The zero-order valence-corrected chi connectivity index (χ0v) is 14.0. The number of piperazine rings is 1. The van der Waals surface area contributed by atoms with Gasteiger partial charge < -0.3 is 14.5 Å². The summed E-state index contributed by atoms with van der Waals surface area (Å²) < 4.78 is 5.39. The highest BCUT2D eigenvalue weighted by Crippen LogP contribution is 2.26. The second-order valence-corrected chi connectivity index (χ2v) is 7.04. The van der Waals surface area contributed by atoms with E-state index >= 15 is 0 Å². The van der Waals surface area contributed by atoms with Crippen molar-refractivity contribution >= 4 is 22.6 Å². The number of H-pyrrole nitrogens is 1. The maximum Gasteiger partial charge on any atom is 0.410 e. The summed E-state index contributed by atoms with van der Waals surface area (Å²) in [4.78, 5) is 15.8. The minimum atomic E-state index is -0.479. The van der Waals surface area contributed by atoms with Crippen molar-refractivity contribution in [2.45, 2.75) is 26.4 Å². The molecule has 1 aliphatic heterocycles. The van der Waals surface area contributed by atoms with E-state index in [0.29, 0.717) is 37.0 Å². The Balaban J connectivity index is 1.58. The summed E-state index contributed by atoms with van der Waals surface area (Å²) in [6, 6.07) is 0. The summed E-state index contributed by atoms with van der Waals surface area (Å²) in [6.07, 6.45) is -0.276. The van der Waals surface area contributed by atoms with Crippen molar-refractivity contribution in [1.29, 1.82) is 0 Å². The predicted molar refractivity (Wildman–Crippen MR) is 83.1 cm³/mol. The van der Waals surface area contributed by atoms with Crippen LogP contribution < -0.4 is 4.90 Å². The first kappa shape index (κ1) is 15.6. The van der Waals surface area contributed by atoms with Crippen LogP contribution in [0.15, 0.2) is 0 Å². The molecule has 0 bridgehead atoms. The van der Waals surface area contributed by atoms with Gasteiger partial charge in [0.1, 0.15) is 5.60 Å². The van der Waals surface area contributed by atoms with E-state index in [9.17, 15) is 4.79 Å². The molecule has 1 fully saturated rings. The Morgan fingerprint density at radius 2 is 1.91 bits per heavy atom. The molecule has 10 nitrogen and oxygen atoms in total. The van der Waals surface area contributed by atoms with Crippen molar-refractivity contribution in [2.75, 3.05) is 31.1 Å². The van der Waals surface area contributed by atoms with Gasteiger partial charge in [-0.3, -0.25) is 0 Å². The highest BCUT2D eigenvalue weighted by atomic mass is 32.1. The van der Waals surface area contributed by atoms with E-state index in [1.807, 2.05) is 20.8 Å². The molecule has 1 N–H and O–H groups in total. The van der Waals surface area contributed by atoms with E-state index in [4.69, 9.17) is 4.74 Å². The van der Waals surface area contributed by atoms with Crippen LogP contribution in [0.1, 0.15) is 20.8 Å². The van der Waals surface area contributed by atoms with Gasteiger partial charge in [-0.2, -0.15) is 5.21 Å². The average molecular weight is 338 g/mol. The van der Waals surface area contributed by atoms with E-state index in [-0.39, 0.29) is 6.09 Å². The third-order valence-corrected chi connectivity index (χ3v) is 4.13. The lowest BCUT2D eigenvalue weighted by Gasteiger charge is -2.35. The van der Waals surface area contributed by atoms with Crippen LogP contribution in [0, 0.1) is 0 Å². The first-order valence-corrected chi connectivity index (χ1v) is 8.04. The number of amides is 1. The molecule has 124 valence electrons. The average Bonchev–Trinajstić information content (AvgIpc) is 3.17. The molecule has 1 aliphatic rings. The third kappa shape index (κ3) is 3.73. The van der Waals surface area contributed by atoms with Crippen molar-refractivity contribution in [3.05, 3.63) is 0 Å². The summed E-state index contributed by atoms with van der Waals surface area (Å²) in [7, 11) is 0. The fourth-order valence-corrected chi connectivity index (χ4v) is 2.92. The van der Waals surface area contributed by atoms with Gasteiger partial charge in [0, 0.05) is 26.2 Å². The molecule has 1 amide bonds. The first-order valence-electron chi connectivity index (χ1n) is 7.22. The lowest BCUT2D eigenvalue weighted by molar-refractivity contribution is 0.0240. The number of carbonyl (C=O) groups excluding carboxylic acids is 1. The Labute approximate surface area is 136 Å². The zero-order valence-electron chi connectivity index (χ0n) is 13.2. The summed E-state index contributed by atoms with van der Waals surface area (Å²) >= 11 is 1.40. The normalized spacial score (nSPS) is 15.8. The van der Waals surface area contributed by atoms with Crippen molar-refractivity contribution in [1.82, 2.24) is 35.7 Å². The summed E-state index contributed by atoms with van der Waals surface area (Å²) in [5, 5.41) is 23.3. The van der Waals surface area contributed by atoms with Gasteiger partial charge in [-0.25, -0.2) is 4.79 Å². The van der Waals surface area contributed by atoms with Crippen LogP contribution in [0.25, 0.3) is 10.8 Å². The lowest BCUT2D eigenvalue weighted by atomic mass is 10.2. The highest BCUT2D eigenvalue weighted by molar-refractivity contribution is 7.18. The molecule has 23 heavy (non-hydrogen) atoms. The van der Waals surface area contributed by atoms with Gasteiger partial charge >= 0.3 is 6.09 Å². The summed E-state index contributed by atoms with van der Waals surface area (Å²) in [6.45, 7) is 8.13. The molecule has 3 heterocycles. The highest BCUT2D eigenvalue weighted by Gasteiger charge is 2.27. The number of nitrogens with zero attached hydrogens (tertiary/aromatic N) is 7. The Bertz CT molecular complexity index is 657. The van der Waals surface area contributed by atoms with Gasteiger partial charge in [0.2, 0.25) is 11.0 Å². The maximum atomic E-state index is 12.0. The lowest BCUT2D eigenvalue weighted by Crippen LogP contribution is -2.50. The monoisotopic (exact) mass is 338 g/mol. The van der Waals surface area contributed by atoms with Crippen molar-refractivity contribution in [3.63, 3.8) is 0 Å². The van der Waals surface area contributed by atoms with Gasteiger partial charge in [0.25, 0.3) is 0 Å². The predicted octanol–water partition coefficient (Wildman–Crippen LogP) is 0.775. The van der Waals surface area contributed by atoms with Gasteiger partial charge in [0.05, 0.1) is 0 Å². The number of aromatic nitrogens is 6. The summed E-state index contributed by atoms with van der Waals surface area (Å²) in [5.41, 5.74) is -0.479. The second-order valence-electron chi connectivity index (χ2n) is 6.08. The molecule has 0 unspecified atom stereocenters. The van der Waals surface area contributed by atoms with Crippen LogP contribution in [0.3, 0.4) is 0 Å². The number of hydrogen-bond donors (Lipinski definition) is 1. The molecule has 2 aromatic heterocycles. The van der Waals surface area contributed by atoms with Gasteiger partial charge in [-0.1, -0.05) is 11.3 Å². The number of tetrazole rings is 1. The molecule has 0 aromatic carbocycles. The smallest absolute Gasteiger partial charge is 0.410 e. The van der Waals surface area contributed by atoms with E-state index in [1.54, 1.807) is 4.90 Å². The molecular formula is C12H18N8O2S. The van der Waals surface area contributed by atoms with Gasteiger partial charge in [-0.15, -0.1) is 20.4 Å². The number of aromatic amines is 1. The molecule has 0 aliphatic carbocycles. The number of ether oxygens (including phenoxy) is 1. The molecule has 1 saturated heterocycles. The topological polar surface area (TPSA) is 113 Å². The Morgan fingerprint density at radius 1 is 1.17 bits per heavy atom. The molecular weight excluding hydrogens is 320 g/mol. The molecule has 0 atom stereocenters. The van der Waals surface area contributed by atoms with Gasteiger partial charge in [0.15, 0.2) is 5.01 Å². The van der Waals surface area contributed by atoms with Crippen molar-refractivity contribution in [3.8, 4) is 10.8 Å². The molecule has 2 aromatic rings. The van der Waals surface area contributed by atoms with Crippen LogP contribution in [-0.2, 0) is 4.74 Å². The first-order chi connectivity index (χ1) is 10.9. The molecule has 0 radical (unpaired) electrons. The third-order valence-electron chi connectivity index (χ3n) is 3.15. The van der Waals surface area contributed by atoms with E-state index in [2.05, 4.69) is 35.7 Å². The van der Waals surface area contributed by atoms with Gasteiger partial charge in [-0.05, 0) is 26.0 Å². The minimum absolute atomic E-state index is 0.276. The van der Waals surface area contributed by atoms with Crippen molar-refractivity contribution < 1.29 is 9.53 Å². The van der Waals surface area contributed by atoms with Crippen LogP contribution in [0.2, 0.25) is 0 Å². The van der Waals surface area contributed by atoms with Crippen LogP contribution in [0.4, 0.5) is 9.93 Å². The SMILES string of the molecule is CC(C)(C)OC(=O)N1CCN(c2nnc(-c3nn[nH]n3)s2)CC1. The fourth-order valence-electron chi connectivity index (χ4n) is 2.09. The number of nitrogens with one attached hydrogen (secondary N) is 1. The quantitative estimate of drug-likeness (QED) is 0.854. The fraction of sp³-hybridized carbons (Fsp3) is 0.667. The van der Waals surface area contributed by atoms with E-state index in [1.165, 1.54) is 11.3 Å². The van der Waals surface area contributed by atoms with E-state index in [0.717, 1.165) is 5.13 Å². The number of hydrogen-bond acceptors (Lipinski definition) is 9. The number of rotatable bonds is 2. The largest absolute Gasteiger partial charge is 0.444 e. The van der Waals surface area contributed by atoms with Crippen LogP contribution in [-0.4, -0.2) is 73.6 Å². The minimum Gasteiger partial charge on any atom is -0.444 e. The molecule has 0 saturated carbocycles. The second kappa shape index (κ2) is 6.07. The maximum absolute atomic E-state index is 12.0. The molecule has 3 rings (SSSR count). The Morgan fingerprint density at radius 3 is 2.52 bits per heavy atom. The Kier molecular flexibility index (Phi) is 4.11. The number of carbonyl (C=O) groups is 1. The molecule has 11 heteroatoms.